The third-order valence-corrected chi connectivity index (χ3v) is 3.72. The second kappa shape index (κ2) is 9.50. The predicted molar refractivity (Wildman–Crippen MR) is 90.0 cm³/mol. The Bertz CT molecular complexity index is 795. The summed E-state index contributed by atoms with van der Waals surface area (Å²) in [5.41, 5.74) is 2.02. The van der Waals surface area contributed by atoms with Crippen molar-refractivity contribution in [2.75, 3.05) is 0 Å². The average molecular weight is 366 g/mol. The molecule has 1 aromatic carbocycles. The van der Waals surface area contributed by atoms with E-state index in [0.717, 1.165) is 11.1 Å². The maximum atomic E-state index is 11.0. The minimum Gasteiger partial charge on any atom is -0.473 e. The van der Waals surface area contributed by atoms with Crippen molar-refractivity contribution in [2.24, 2.45) is 4.99 Å². The number of benzene rings is 1. The van der Waals surface area contributed by atoms with Gasteiger partial charge in [-0.05, 0) is 12.5 Å². The normalized spacial score (nSPS) is 12.0. The molecule has 0 saturated carbocycles. The number of aryl methyl sites for hydroxylation is 1. The van der Waals surface area contributed by atoms with Gasteiger partial charge in [0.2, 0.25) is 5.91 Å². The van der Waals surface area contributed by atoms with Crippen LogP contribution in [0.3, 0.4) is 0 Å². The van der Waals surface area contributed by atoms with Gasteiger partial charge < -0.3 is 19.9 Å². The first-order chi connectivity index (χ1) is 11.7. The first kappa shape index (κ1) is 20.3. The molecule has 1 atom stereocenters. The zero-order chi connectivity index (χ0) is 19.0. The molecule has 1 amide bonds. The molecule has 0 fully saturated rings. The second-order valence-corrected chi connectivity index (χ2v) is 5.88. The molecule has 0 aliphatic carbocycles. The van der Waals surface area contributed by atoms with Crippen molar-refractivity contribution >= 4 is 29.2 Å². The highest BCUT2D eigenvalue weighted by Crippen LogP contribution is 2.15. The van der Waals surface area contributed by atoms with E-state index in [1.807, 2.05) is 42.8 Å². The number of aliphatic hydroxyl groups excluding tert-OH is 1. The van der Waals surface area contributed by atoms with E-state index in [2.05, 4.69) is 4.99 Å². The fourth-order valence-electron chi connectivity index (χ4n) is 1.74. The zero-order valence-electron chi connectivity index (χ0n) is 13.6. The number of nitrogens with zero attached hydrogens (tertiary/aromatic N) is 2. The van der Waals surface area contributed by atoms with Crippen LogP contribution < -0.4 is 4.80 Å². The number of aromatic nitrogens is 1. The monoisotopic (exact) mass is 366 g/mol. The summed E-state index contributed by atoms with van der Waals surface area (Å²) < 4.78 is 1.79. The van der Waals surface area contributed by atoms with Crippen molar-refractivity contribution in [2.45, 2.75) is 26.5 Å². The molecule has 0 aliphatic rings. The van der Waals surface area contributed by atoms with Gasteiger partial charge in [0.25, 0.3) is 0 Å². The summed E-state index contributed by atoms with van der Waals surface area (Å²) in [6.45, 7) is 3.81. The summed E-state index contributed by atoms with van der Waals surface area (Å²) in [5.74, 6) is -3.88. The first-order valence-corrected chi connectivity index (χ1v) is 7.98. The van der Waals surface area contributed by atoms with Gasteiger partial charge in [-0.25, -0.2) is 9.59 Å². The van der Waals surface area contributed by atoms with Crippen molar-refractivity contribution < 1.29 is 29.7 Å². The summed E-state index contributed by atoms with van der Waals surface area (Å²) in [5, 5.41) is 26.8. The molecule has 8 nitrogen and oxygen atoms in total. The molecule has 2 rings (SSSR count). The largest absolute Gasteiger partial charge is 0.473 e. The van der Waals surface area contributed by atoms with Crippen molar-refractivity contribution in [3.8, 4) is 0 Å². The average Bonchev–Trinajstić information content (AvgIpc) is 2.94. The highest BCUT2D eigenvalue weighted by atomic mass is 32.1. The highest BCUT2D eigenvalue weighted by molar-refractivity contribution is 7.07. The Labute approximate surface area is 147 Å². The molecule has 1 heterocycles. The minimum absolute atomic E-state index is 0.235. The number of hydrogen-bond donors (Lipinski definition) is 3. The van der Waals surface area contributed by atoms with Crippen molar-refractivity contribution in [1.82, 2.24) is 4.57 Å². The molecule has 25 heavy (non-hydrogen) atoms. The Balaban J connectivity index is 0.000000450. The van der Waals surface area contributed by atoms with E-state index in [-0.39, 0.29) is 5.91 Å². The van der Waals surface area contributed by atoms with Crippen LogP contribution in [0.1, 0.15) is 24.2 Å². The molecule has 3 N–H and O–H groups in total. The summed E-state index contributed by atoms with van der Waals surface area (Å²) >= 11 is 1.38. The molecule has 9 heteroatoms. The number of amides is 1. The molecular weight excluding hydrogens is 348 g/mol. The number of thiazole rings is 1. The number of aliphatic carboxylic acids is 2. The van der Waals surface area contributed by atoms with Crippen molar-refractivity contribution in [1.29, 1.82) is 0 Å². The van der Waals surface area contributed by atoms with Crippen LogP contribution in [0.25, 0.3) is 0 Å². The number of carboxylic acid groups (broad SMARTS) is 2. The first-order valence-electron chi connectivity index (χ1n) is 7.10. The molecule has 0 spiro atoms. The van der Waals surface area contributed by atoms with Crippen LogP contribution in [-0.4, -0.2) is 37.7 Å². The molecule has 0 saturated heterocycles. The fraction of sp³-hybridized carbons (Fsp3) is 0.250. The number of carbonyl (C=O) groups excluding carboxylic acids is 1. The quantitative estimate of drug-likeness (QED) is 0.700. The smallest absolute Gasteiger partial charge is 0.414 e. The second-order valence-electron chi connectivity index (χ2n) is 5.01. The minimum atomic E-state index is -1.82. The standard InChI is InChI=1S/C14H16N2O2S.C2H2O4/c1-10-3-5-12(6-4-10)13(18)9-16-7-8-19-14(16)15-11(2)17;3-1(4)2(5)6/h3-8,13,18H,9H2,1-2H3;(H,3,4)(H,5,6). The van der Waals surface area contributed by atoms with Gasteiger partial charge in [0.05, 0.1) is 12.6 Å². The van der Waals surface area contributed by atoms with E-state index in [4.69, 9.17) is 19.8 Å². The van der Waals surface area contributed by atoms with Gasteiger partial charge in [0, 0.05) is 18.5 Å². The predicted octanol–water partition coefficient (Wildman–Crippen LogP) is 1.19. The van der Waals surface area contributed by atoms with Gasteiger partial charge in [-0.1, -0.05) is 29.8 Å². The Kier molecular flexibility index (Phi) is 7.70. The van der Waals surface area contributed by atoms with Gasteiger partial charge in [-0.2, -0.15) is 4.99 Å². The van der Waals surface area contributed by atoms with Gasteiger partial charge in [-0.15, -0.1) is 11.3 Å². The Hall–Kier alpha value is -2.78. The summed E-state index contributed by atoms with van der Waals surface area (Å²) in [4.78, 5) is 33.7. The molecule has 0 radical (unpaired) electrons. The number of rotatable bonds is 3. The molecule has 0 aliphatic heterocycles. The van der Waals surface area contributed by atoms with E-state index in [1.54, 1.807) is 4.57 Å². The SMILES string of the molecule is CC(=O)N=c1sccn1CC(O)c1ccc(C)cc1.O=C(O)C(=O)O. The molecular formula is C16H18N2O6S. The lowest BCUT2D eigenvalue weighted by Crippen LogP contribution is -2.19. The van der Waals surface area contributed by atoms with E-state index in [9.17, 15) is 9.90 Å². The number of aliphatic hydroxyl groups is 1. The van der Waals surface area contributed by atoms with Crippen LogP contribution in [-0.2, 0) is 20.9 Å². The van der Waals surface area contributed by atoms with Crippen LogP contribution in [0.15, 0.2) is 40.8 Å². The Morgan fingerprint density at radius 1 is 1.16 bits per heavy atom. The van der Waals surface area contributed by atoms with Gasteiger partial charge in [-0.3, -0.25) is 4.79 Å². The molecule has 2 aromatic rings. The Morgan fingerprint density at radius 2 is 1.72 bits per heavy atom. The van der Waals surface area contributed by atoms with Crippen LogP contribution in [0.5, 0.6) is 0 Å². The third kappa shape index (κ3) is 7.10. The van der Waals surface area contributed by atoms with Gasteiger partial charge in [0.1, 0.15) is 0 Å². The molecule has 134 valence electrons. The summed E-state index contributed by atoms with van der Waals surface area (Å²) in [6.07, 6.45) is 1.21. The maximum Gasteiger partial charge on any atom is 0.414 e. The molecule has 1 aromatic heterocycles. The number of carbonyl (C=O) groups is 3. The zero-order valence-corrected chi connectivity index (χ0v) is 14.4. The molecule has 0 bridgehead atoms. The van der Waals surface area contributed by atoms with Gasteiger partial charge >= 0.3 is 11.9 Å². The molecule has 1 unspecified atom stereocenters. The lowest BCUT2D eigenvalue weighted by molar-refractivity contribution is -0.159. The van der Waals surface area contributed by atoms with E-state index >= 15 is 0 Å². The van der Waals surface area contributed by atoms with E-state index in [1.165, 1.54) is 18.3 Å². The van der Waals surface area contributed by atoms with Crippen LogP contribution in [0.2, 0.25) is 0 Å². The number of carboxylic acids is 2. The maximum absolute atomic E-state index is 11.0. The van der Waals surface area contributed by atoms with E-state index < -0.39 is 18.0 Å². The van der Waals surface area contributed by atoms with Crippen LogP contribution >= 0.6 is 11.3 Å². The lowest BCUT2D eigenvalue weighted by atomic mass is 10.1. The summed E-state index contributed by atoms with van der Waals surface area (Å²) in [6, 6.07) is 7.76. The number of hydrogen-bond acceptors (Lipinski definition) is 5. The fourth-order valence-corrected chi connectivity index (χ4v) is 2.52. The lowest BCUT2D eigenvalue weighted by Gasteiger charge is -2.12. The Morgan fingerprint density at radius 3 is 2.20 bits per heavy atom. The van der Waals surface area contributed by atoms with Crippen molar-refractivity contribution in [3.63, 3.8) is 0 Å². The van der Waals surface area contributed by atoms with Gasteiger partial charge in [0.15, 0.2) is 4.80 Å². The summed E-state index contributed by atoms with van der Waals surface area (Å²) in [7, 11) is 0. The van der Waals surface area contributed by atoms with Crippen LogP contribution in [0.4, 0.5) is 0 Å². The topological polar surface area (TPSA) is 129 Å². The highest BCUT2D eigenvalue weighted by Gasteiger charge is 2.09. The third-order valence-electron chi connectivity index (χ3n) is 2.93. The van der Waals surface area contributed by atoms with Crippen molar-refractivity contribution in [3.05, 3.63) is 51.8 Å². The van der Waals surface area contributed by atoms with E-state index in [0.29, 0.717) is 11.3 Å². The van der Waals surface area contributed by atoms with Crippen LogP contribution in [0, 0.1) is 6.92 Å².